The smallest absolute Gasteiger partial charge is 0.314 e. The maximum atomic E-state index is 11.2. The highest BCUT2D eigenvalue weighted by atomic mass is 16.2. The maximum absolute atomic E-state index is 11.2. The van der Waals surface area contributed by atoms with Crippen molar-refractivity contribution in [3.05, 3.63) is 0 Å². The molecule has 0 bridgehead atoms. The minimum atomic E-state index is -0.0186. The first-order chi connectivity index (χ1) is 7.16. The molecule has 0 heterocycles. The summed E-state index contributed by atoms with van der Waals surface area (Å²) in [7, 11) is 0. The van der Waals surface area contributed by atoms with E-state index < -0.39 is 0 Å². The van der Waals surface area contributed by atoms with Crippen LogP contribution in [0.5, 0.6) is 0 Å². The number of urea groups is 1. The average Bonchev–Trinajstić information content (AvgIpc) is 2.19. The molecule has 0 fully saturated rings. The molecule has 2 amide bonds. The molecule has 0 rings (SSSR count). The molecule has 0 saturated heterocycles. The molecule has 0 aromatic heterocycles. The van der Waals surface area contributed by atoms with E-state index in [1.165, 1.54) is 19.3 Å². The van der Waals surface area contributed by atoms with E-state index >= 15 is 0 Å². The second kappa shape index (κ2) is 9.81. The van der Waals surface area contributed by atoms with Crippen LogP contribution in [0, 0.1) is 5.92 Å². The van der Waals surface area contributed by atoms with Crippen LogP contribution in [0.4, 0.5) is 4.79 Å². The van der Waals surface area contributed by atoms with Crippen LogP contribution in [0.15, 0.2) is 0 Å². The van der Waals surface area contributed by atoms with Gasteiger partial charge in [0.25, 0.3) is 0 Å². The van der Waals surface area contributed by atoms with Crippen molar-refractivity contribution < 1.29 is 4.79 Å². The Morgan fingerprint density at radius 3 is 2.20 bits per heavy atom. The molecule has 0 aromatic carbocycles. The first-order valence-corrected chi connectivity index (χ1v) is 6.18. The lowest BCUT2D eigenvalue weighted by Gasteiger charge is -2.08. The number of amides is 2. The van der Waals surface area contributed by atoms with E-state index in [2.05, 4.69) is 31.4 Å². The van der Waals surface area contributed by atoms with Gasteiger partial charge in [-0.05, 0) is 25.2 Å². The molecular weight excluding hydrogens is 188 g/mol. The summed E-state index contributed by atoms with van der Waals surface area (Å²) in [6.45, 7) is 8.14. The number of rotatable bonds is 8. The van der Waals surface area contributed by atoms with Crippen molar-refractivity contribution >= 4 is 6.03 Å². The highest BCUT2D eigenvalue weighted by Gasteiger charge is 1.98. The van der Waals surface area contributed by atoms with Crippen LogP contribution in [0.3, 0.4) is 0 Å². The molecule has 0 atom stereocenters. The van der Waals surface area contributed by atoms with Crippen LogP contribution in [-0.4, -0.2) is 19.1 Å². The summed E-state index contributed by atoms with van der Waals surface area (Å²) < 4.78 is 0. The molecule has 15 heavy (non-hydrogen) atoms. The van der Waals surface area contributed by atoms with Crippen molar-refractivity contribution in [1.82, 2.24) is 10.6 Å². The molecule has 3 heteroatoms. The summed E-state index contributed by atoms with van der Waals surface area (Å²) in [5.74, 6) is 0.722. The van der Waals surface area contributed by atoms with Crippen molar-refractivity contribution in [3.63, 3.8) is 0 Å². The molecular formula is C12H26N2O. The monoisotopic (exact) mass is 214 g/mol. The Bertz CT molecular complexity index is 158. The van der Waals surface area contributed by atoms with Gasteiger partial charge in [-0.2, -0.15) is 0 Å². The number of hydrogen-bond acceptors (Lipinski definition) is 1. The third kappa shape index (κ3) is 11.2. The molecule has 0 aliphatic rings. The zero-order valence-electron chi connectivity index (χ0n) is 10.4. The molecule has 0 spiro atoms. The van der Waals surface area contributed by atoms with E-state index in [1.807, 2.05) is 0 Å². The molecule has 90 valence electrons. The maximum Gasteiger partial charge on any atom is 0.314 e. The molecule has 3 nitrogen and oxygen atoms in total. The van der Waals surface area contributed by atoms with E-state index in [9.17, 15) is 4.79 Å². The van der Waals surface area contributed by atoms with E-state index in [1.54, 1.807) is 0 Å². The van der Waals surface area contributed by atoms with Gasteiger partial charge in [0.15, 0.2) is 0 Å². The molecule has 0 radical (unpaired) electrons. The molecule has 0 saturated carbocycles. The second-order valence-electron chi connectivity index (χ2n) is 4.43. The number of carbonyl (C=O) groups is 1. The Labute approximate surface area is 94.0 Å². The predicted octanol–water partition coefficient (Wildman–Crippen LogP) is 2.91. The Morgan fingerprint density at radius 2 is 1.67 bits per heavy atom. The standard InChI is InChI=1S/C12H26N2O/c1-4-5-6-9-13-12(15)14-10-7-8-11(2)3/h11H,4-10H2,1-3H3,(H2,13,14,15). The molecule has 0 aliphatic carbocycles. The van der Waals surface area contributed by atoms with Crippen LogP contribution in [0.2, 0.25) is 0 Å². The normalized spacial score (nSPS) is 10.4. The first kappa shape index (κ1) is 14.3. The van der Waals surface area contributed by atoms with Gasteiger partial charge in [-0.15, -0.1) is 0 Å². The predicted molar refractivity (Wildman–Crippen MR) is 65.0 cm³/mol. The fraction of sp³-hybridized carbons (Fsp3) is 0.917. The largest absolute Gasteiger partial charge is 0.338 e. The summed E-state index contributed by atoms with van der Waals surface area (Å²) in [5, 5.41) is 5.72. The third-order valence-corrected chi connectivity index (χ3v) is 2.31. The number of hydrogen-bond donors (Lipinski definition) is 2. The lowest BCUT2D eigenvalue weighted by molar-refractivity contribution is 0.240. The lowest BCUT2D eigenvalue weighted by Crippen LogP contribution is -2.36. The molecule has 0 aromatic rings. The minimum absolute atomic E-state index is 0.0186. The fourth-order valence-corrected chi connectivity index (χ4v) is 1.35. The quantitative estimate of drug-likeness (QED) is 0.599. The van der Waals surface area contributed by atoms with Gasteiger partial charge in [0.05, 0.1) is 0 Å². The Hall–Kier alpha value is -0.730. The topological polar surface area (TPSA) is 41.1 Å². The number of carbonyl (C=O) groups excluding carboxylic acids is 1. The van der Waals surface area contributed by atoms with Gasteiger partial charge < -0.3 is 10.6 Å². The summed E-state index contributed by atoms with van der Waals surface area (Å²) in [5.41, 5.74) is 0. The van der Waals surface area contributed by atoms with Gasteiger partial charge in [0, 0.05) is 13.1 Å². The fourth-order valence-electron chi connectivity index (χ4n) is 1.35. The Kier molecular flexibility index (Phi) is 9.33. The van der Waals surface area contributed by atoms with Gasteiger partial charge >= 0.3 is 6.03 Å². The van der Waals surface area contributed by atoms with Gasteiger partial charge in [-0.1, -0.05) is 33.6 Å². The van der Waals surface area contributed by atoms with Gasteiger partial charge in [-0.25, -0.2) is 4.79 Å². The van der Waals surface area contributed by atoms with Crippen molar-refractivity contribution in [1.29, 1.82) is 0 Å². The van der Waals surface area contributed by atoms with E-state index in [0.717, 1.165) is 31.8 Å². The highest BCUT2D eigenvalue weighted by Crippen LogP contribution is 2.01. The summed E-state index contributed by atoms with van der Waals surface area (Å²) in [6, 6.07) is -0.0186. The van der Waals surface area contributed by atoms with Crippen LogP contribution < -0.4 is 10.6 Å². The molecule has 2 N–H and O–H groups in total. The second-order valence-corrected chi connectivity index (χ2v) is 4.43. The minimum Gasteiger partial charge on any atom is -0.338 e. The van der Waals surface area contributed by atoms with Crippen LogP contribution in [0.25, 0.3) is 0 Å². The molecule has 0 unspecified atom stereocenters. The highest BCUT2D eigenvalue weighted by molar-refractivity contribution is 5.73. The molecule has 0 aliphatic heterocycles. The summed E-state index contributed by atoms with van der Waals surface area (Å²) in [6.07, 6.45) is 5.71. The Balaban J connectivity index is 3.19. The van der Waals surface area contributed by atoms with Gasteiger partial charge in [-0.3, -0.25) is 0 Å². The summed E-state index contributed by atoms with van der Waals surface area (Å²) >= 11 is 0. The van der Waals surface area contributed by atoms with Crippen LogP contribution >= 0.6 is 0 Å². The van der Waals surface area contributed by atoms with E-state index in [-0.39, 0.29) is 6.03 Å². The number of nitrogens with one attached hydrogen (secondary N) is 2. The Morgan fingerprint density at radius 1 is 1.07 bits per heavy atom. The van der Waals surface area contributed by atoms with Crippen molar-refractivity contribution in [2.24, 2.45) is 5.92 Å². The zero-order valence-corrected chi connectivity index (χ0v) is 10.4. The third-order valence-electron chi connectivity index (χ3n) is 2.31. The van der Waals surface area contributed by atoms with Crippen LogP contribution in [0.1, 0.15) is 52.9 Å². The lowest BCUT2D eigenvalue weighted by atomic mass is 10.1. The van der Waals surface area contributed by atoms with Gasteiger partial charge in [0.2, 0.25) is 0 Å². The zero-order chi connectivity index (χ0) is 11.5. The number of unbranched alkanes of at least 4 members (excludes halogenated alkanes) is 2. The van der Waals surface area contributed by atoms with Crippen molar-refractivity contribution in [2.45, 2.75) is 52.9 Å². The van der Waals surface area contributed by atoms with E-state index in [4.69, 9.17) is 0 Å². The van der Waals surface area contributed by atoms with Crippen molar-refractivity contribution in [3.8, 4) is 0 Å². The first-order valence-electron chi connectivity index (χ1n) is 6.18. The summed E-state index contributed by atoms with van der Waals surface area (Å²) in [4.78, 5) is 11.2. The average molecular weight is 214 g/mol. The van der Waals surface area contributed by atoms with E-state index in [0.29, 0.717) is 0 Å². The SMILES string of the molecule is CCCCCNC(=O)NCCCC(C)C. The van der Waals surface area contributed by atoms with Crippen LogP contribution in [-0.2, 0) is 0 Å². The van der Waals surface area contributed by atoms with Gasteiger partial charge in [0.1, 0.15) is 0 Å². The van der Waals surface area contributed by atoms with Crippen molar-refractivity contribution in [2.75, 3.05) is 13.1 Å².